The highest BCUT2D eigenvalue weighted by atomic mass is 16.4. The Balaban J connectivity index is 4.01. The molecule has 0 bridgehead atoms. The van der Waals surface area contributed by atoms with Crippen molar-refractivity contribution in [2.75, 3.05) is 0 Å². The second kappa shape index (κ2) is 25.1. The van der Waals surface area contributed by atoms with E-state index in [1.807, 2.05) is 0 Å². The van der Waals surface area contributed by atoms with Crippen molar-refractivity contribution in [2.24, 2.45) is 0 Å². The van der Waals surface area contributed by atoms with E-state index in [4.69, 9.17) is 5.11 Å². The van der Waals surface area contributed by atoms with Crippen LogP contribution in [-0.4, -0.2) is 57.1 Å². The molecule has 10 nitrogen and oxygen atoms in total. The fraction of sp³-hybridized carbons (Fsp3) is 0.767. The van der Waals surface area contributed by atoms with Crippen LogP contribution in [0.1, 0.15) is 135 Å². The van der Waals surface area contributed by atoms with Gasteiger partial charge >= 0.3 is 17.9 Å². The van der Waals surface area contributed by atoms with Crippen molar-refractivity contribution < 1.29 is 39.3 Å². The average Bonchev–Trinajstić information content (AvgIpc) is 2.90. The van der Waals surface area contributed by atoms with Crippen LogP contribution in [0.2, 0.25) is 0 Å². The highest BCUT2D eigenvalue weighted by Crippen LogP contribution is 2.14. The summed E-state index contributed by atoms with van der Waals surface area (Å²) in [5, 5.41) is 32.0. The van der Waals surface area contributed by atoms with Gasteiger partial charge in [-0.2, -0.15) is 0 Å². The minimum absolute atomic E-state index is 0.104. The zero-order valence-corrected chi connectivity index (χ0v) is 24.3. The van der Waals surface area contributed by atoms with Gasteiger partial charge in [-0.3, -0.25) is 14.4 Å². The minimum Gasteiger partial charge on any atom is -0.481 e. The van der Waals surface area contributed by atoms with Gasteiger partial charge in [-0.05, 0) is 19.3 Å². The number of hydrogen-bond acceptors (Lipinski definition) is 5. The van der Waals surface area contributed by atoms with E-state index in [1.54, 1.807) is 0 Å². The zero-order valence-electron chi connectivity index (χ0n) is 24.3. The molecule has 0 fully saturated rings. The molecule has 2 amide bonds. The summed E-state index contributed by atoms with van der Waals surface area (Å²) in [5.41, 5.74) is 0. The molecule has 0 aromatic heterocycles. The summed E-state index contributed by atoms with van der Waals surface area (Å²) in [6, 6.07) is -2.51. The lowest BCUT2D eigenvalue weighted by atomic mass is 10.0. The lowest BCUT2D eigenvalue weighted by Crippen LogP contribution is -2.43. The van der Waals surface area contributed by atoms with Gasteiger partial charge in [0.15, 0.2) is 0 Å². The maximum Gasteiger partial charge on any atom is 0.326 e. The van der Waals surface area contributed by atoms with Crippen molar-refractivity contribution >= 4 is 29.7 Å². The van der Waals surface area contributed by atoms with Gasteiger partial charge < -0.3 is 26.0 Å². The number of carboxylic acid groups (broad SMARTS) is 3. The van der Waals surface area contributed by atoms with Crippen LogP contribution in [0.5, 0.6) is 0 Å². The van der Waals surface area contributed by atoms with E-state index in [9.17, 15) is 34.2 Å². The molecule has 5 N–H and O–H groups in total. The predicted octanol–water partition coefficient (Wildman–Crippen LogP) is 5.59. The van der Waals surface area contributed by atoms with Crippen LogP contribution in [0.25, 0.3) is 0 Å². The van der Waals surface area contributed by atoms with Gasteiger partial charge in [0.25, 0.3) is 0 Å². The van der Waals surface area contributed by atoms with E-state index in [2.05, 4.69) is 17.6 Å². The Labute approximate surface area is 239 Å². The molecule has 0 radical (unpaired) electrons. The number of carboxylic acids is 3. The third-order valence-corrected chi connectivity index (χ3v) is 6.77. The van der Waals surface area contributed by atoms with E-state index in [0.29, 0.717) is 6.42 Å². The van der Waals surface area contributed by atoms with Gasteiger partial charge in [-0.15, -0.1) is 0 Å². The smallest absolute Gasteiger partial charge is 0.326 e. The van der Waals surface area contributed by atoms with E-state index in [1.165, 1.54) is 82.8 Å². The molecule has 0 aliphatic heterocycles. The van der Waals surface area contributed by atoms with Crippen molar-refractivity contribution in [3.8, 4) is 0 Å². The lowest BCUT2D eigenvalue weighted by molar-refractivity contribution is -0.143. The quantitative estimate of drug-likeness (QED) is 0.0631. The fourth-order valence-electron chi connectivity index (χ4n) is 4.36. The Bertz CT molecular complexity index is 769. The molecule has 0 saturated carbocycles. The van der Waals surface area contributed by atoms with Crippen molar-refractivity contribution in [3.63, 3.8) is 0 Å². The summed E-state index contributed by atoms with van der Waals surface area (Å²) in [7, 11) is 0. The standard InChI is InChI=1S/C30H52N2O8/c1-2-3-4-5-6-7-8-9-10-11-12-13-14-15-16-20-26(33)32-25(30(39)40)22-23-27(34)31-24(29(37)38)19-17-18-21-28(35)36/h17-18,24-25H,2-16,19-23H2,1H3,(H,31,34)(H,32,33)(H,35,36)(H,37,38)(H,39,40)/t24?,25-/m1/s1. The SMILES string of the molecule is CCCCCCCCCCCCCCCCCC(=O)N[C@H](CCC(=O)NC(CC=CCC(=O)O)C(=O)O)C(=O)O. The zero-order chi connectivity index (χ0) is 30.0. The molecular weight excluding hydrogens is 516 g/mol. The molecule has 1 unspecified atom stereocenters. The van der Waals surface area contributed by atoms with Crippen molar-refractivity contribution in [1.82, 2.24) is 10.6 Å². The molecule has 2 atom stereocenters. The number of hydrogen-bond donors (Lipinski definition) is 5. The van der Waals surface area contributed by atoms with E-state index in [-0.39, 0.29) is 38.0 Å². The first-order valence-electron chi connectivity index (χ1n) is 15.1. The van der Waals surface area contributed by atoms with E-state index >= 15 is 0 Å². The summed E-state index contributed by atoms with van der Waals surface area (Å²) in [5.74, 6) is -4.66. The molecular formula is C30H52N2O8. The number of carbonyl (C=O) groups is 5. The average molecular weight is 569 g/mol. The first kappa shape index (κ1) is 37.1. The van der Waals surface area contributed by atoms with Crippen molar-refractivity contribution in [2.45, 2.75) is 147 Å². The summed E-state index contributed by atoms with van der Waals surface area (Å²) in [6.07, 6.45) is 20.3. The Morgan fingerprint density at radius 1 is 0.575 bits per heavy atom. The van der Waals surface area contributed by atoms with E-state index in [0.717, 1.165) is 19.3 Å². The molecule has 0 saturated heterocycles. The number of nitrogens with one attached hydrogen (secondary N) is 2. The molecule has 40 heavy (non-hydrogen) atoms. The van der Waals surface area contributed by atoms with Crippen LogP contribution in [-0.2, 0) is 24.0 Å². The lowest BCUT2D eigenvalue weighted by Gasteiger charge is -2.16. The largest absolute Gasteiger partial charge is 0.481 e. The summed E-state index contributed by atoms with van der Waals surface area (Å²) in [4.78, 5) is 57.7. The second-order valence-corrected chi connectivity index (χ2v) is 10.5. The maximum atomic E-state index is 12.2. The highest BCUT2D eigenvalue weighted by molar-refractivity contribution is 5.86. The first-order valence-corrected chi connectivity index (χ1v) is 15.1. The normalized spacial score (nSPS) is 12.6. The van der Waals surface area contributed by atoms with Crippen molar-refractivity contribution in [1.29, 1.82) is 0 Å². The Morgan fingerprint density at radius 2 is 1.00 bits per heavy atom. The monoisotopic (exact) mass is 568 g/mol. The van der Waals surface area contributed by atoms with Gasteiger partial charge in [0.2, 0.25) is 11.8 Å². The maximum absolute atomic E-state index is 12.2. The van der Waals surface area contributed by atoms with Crippen LogP contribution in [0, 0.1) is 0 Å². The van der Waals surface area contributed by atoms with Crippen LogP contribution < -0.4 is 10.6 Å². The van der Waals surface area contributed by atoms with Crippen molar-refractivity contribution in [3.05, 3.63) is 12.2 Å². The number of amides is 2. The number of aliphatic carboxylic acids is 3. The Kier molecular flexibility index (Phi) is 23.3. The third-order valence-electron chi connectivity index (χ3n) is 6.77. The molecule has 0 aliphatic rings. The second-order valence-electron chi connectivity index (χ2n) is 10.5. The molecule has 0 aromatic carbocycles. The Morgan fingerprint density at radius 3 is 1.45 bits per heavy atom. The van der Waals surface area contributed by atoms with Gasteiger partial charge in [-0.25, -0.2) is 9.59 Å². The molecule has 0 spiro atoms. The highest BCUT2D eigenvalue weighted by Gasteiger charge is 2.23. The van der Waals surface area contributed by atoms with Crippen LogP contribution in [0.15, 0.2) is 12.2 Å². The predicted molar refractivity (Wildman–Crippen MR) is 154 cm³/mol. The van der Waals surface area contributed by atoms with Crippen LogP contribution in [0.3, 0.4) is 0 Å². The molecule has 0 aliphatic carbocycles. The molecule has 230 valence electrons. The van der Waals surface area contributed by atoms with Gasteiger partial charge in [-0.1, -0.05) is 109 Å². The van der Waals surface area contributed by atoms with Crippen LogP contribution >= 0.6 is 0 Å². The summed E-state index contributed by atoms with van der Waals surface area (Å²) >= 11 is 0. The molecule has 0 aromatic rings. The van der Waals surface area contributed by atoms with Gasteiger partial charge in [0.05, 0.1) is 6.42 Å². The fourth-order valence-corrected chi connectivity index (χ4v) is 4.36. The minimum atomic E-state index is -1.29. The van der Waals surface area contributed by atoms with Gasteiger partial charge in [0.1, 0.15) is 12.1 Å². The first-order chi connectivity index (χ1) is 19.2. The molecule has 10 heteroatoms. The number of carbonyl (C=O) groups excluding carboxylic acids is 2. The summed E-state index contributed by atoms with van der Waals surface area (Å²) in [6.45, 7) is 2.24. The van der Waals surface area contributed by atoms with E-state index < -0.39 is 35.9 Å². The van der Waals surface area contributed by atoms with Gasteiger partial charge in [0, 0.05) is 12.8 Å². The Hall–Kier alpha value is -2.91. The third kappa shape index (κ3) is 23.0. The molecule has 0 heterocycles. The summed E-state index contributed by atoms with van der Waals surface area (Å²) < 4.78 is 0. The number of unbranched alkanes of at least 4 members (excludes halogenated alkanes) is 14. The topological polar surface area (TPSA) is 170 Å². The van der Waals surface area contributed by atoms with Crippen LogP contribution in [0.4, 0.5) is 0 Å². The number of rotatable bonds is 27. The molecule has 0 rings (SSSR count).